The monoisotopic (exact) mass is 247 g/mol. The van der Waals surface area contributed by atoms with E-state index < -0.39 is 15.5 Å². The topological polar surface area (TPSA) is 60.2 Å². The van der Waals surface area contributed by atoms with Gasteiger partial charge in [0.1, 0.15) is 0 Å². The summed E-state index contributed by atoms with van der Waals surface area (Å²) in [6, 6.07) is 4.12. The second-order valence-corrected chi connectivity index (χ2v) is 4.02. The molecular weight excluding hydrogens is 241 g/mol. The van der Waals surface area contributed by atoms with Gasteiger partial charge in [-0.1, -0.05) is 35.3 Å². The van der Waals surface area contributed by atoms with Crippen LogP contribution in [0.25, 0.3) is 0 Å². The fourth-order valence-corrected chi connectivity index (χ4v) is 1.34. The maximum Gasteiger partial charge on any atom is 0.273 e. The molecule has 0 fully saturated rings. The third-order valence-electron chi connectivity index (χ3n) is 1.89. The minimum absolute atomic E-state index is 0.116. The van der Waals surface area contributed by atoms with Crippen molar-refractivity contribution in [3.05, 3.63) is 39.4 Å². The van der Waals surface area contributed by atoms with Crippen molar-refractivity contribution in [2.24, 2.45) is 0 Å². The molecule has 0 radical (unpaired) electrons. The molecule has 0 aromatic heterocycles. The maximum atomic E-state index is 11.3. The maximum absolute atomic E-state index is 11.3. The second-order valence-electron chi connectivity index (χ2n) is 2.92. The molecule has 1 aromatic carbocycles. The highest BCUT2D eigenvalue weighted by atomic mass is 35.5. The molecule has 0 unspecified atom stereocenters. The molecule has 6 heteroatoms. The van der Waals surface area contributed by atoms with E-state index in [-0.39, 0.29) is 11.3 Å². The molecule has 15 heavy (non-hydrogen) atoms. The van der Waals surface area contributed by atoms with Crippen LogP contribution in [0.3, 0.4) is 0 Å². The van der Waals surface area contributed by atoms with Crippen LogP contribution in [0.5, 0.6) is 0 Å². The average Bonchev–Trinajstić information content (AvgIpc) is 2.16. The van der Waals surface area contributed by atoms with E-state index >= 15 is 0 Å². The van der Waals surface area contributed by atoms with Gasteiger partial charge in [-0.2, -0.15) is 0 Å². The van der Waals surface area contributed by atoms with Gasteiger partial charge < -0.3 is 0 Å². The Hall–Kier alpha value is -1.13. The summed E-state index contributed by atoms with van der Waals surface area (Å²) in [7, 11) is 0. The molecule has 0 aliphatic rings. The number of aryl methyl sites for hydroxylation is 1. The molecule has 0 saturated heterocycles. The molecule has 4 nitrogen and oxygen atoms in total. The molecule has 0 atom stereocenters. The Labute approximate surface area is 95.9 Å². The van der Waals surface area contributed by atoms with Crippen molar-refractivity contribution in [1.82, 2.24) is 0 Å². The molecule has 0 heterocycles. The fraction of sp³-hybridized carbons (Fsp3) is 0.222. The van der Waals surface area contributed by atoms with Crippen LogP contribution in [-0.2, 0) is 0 Å². The van der Waals surface area contributed by atoms with E-state index in [4.69, 9.17) is 23.2 Å². The van der Waals surface area contributed by atoms with Crippen molar-refractivity contribution >= 4 is 34.7 Å². The first-order chi connectivity index (χ1) is 6.93. The smallest absolute Gasteiger partial charge is 0.273 e. The van der Waals surface area contributed by atoms with Crippen molar-refractivity contribution in [3.8, 4) is 0 Å². The van der Waals surface area contributed by atoms with Crippen molar-refractivity contribution in [1.29, 1.82) is 0 Å². The number of carbonyl (C=O) groups excluding carboxylic acids is 1. The number of nitro groups is 1. The number of Topliss-reactive ketones (excluding diaryl/α,β-unsaturated/α-hetero) is 1. The highest BCUT2D eigenvalue weighted by Crippen LogP contribution is 2.21. The number of benzene rings is 1. The molecule has 0 N–H and O–H groups in total. The lowest BCUT2D eigenvalue weighted by Gasteiger charge is -2.02. The van der Waals surface area contributed by atoms with Gasteiger partial charge in [0, 0.05) is 17.2 Å². The molecule has 0 amide bonds. The zero-order valence-corrected chi connectivity index (χ0v) is 9.25. The number of alkyl halides is 2. The van der Waals surface area contributed by atoms with E-state index in [0.717, 1.165) is 0 Å². The number of nitrogens with zero attached hydrogens (tertiary/aromatic N) is 1. The van der Waals surface area contributed by atoms with Crippen molar-refractivity contribution in [3.63, 3.8) is 0 Å². The van der Waals surface area contributed by atoms with Crippen molar-refractivity contribution < 1.29 is 9.72 Å². The van der Waals surface area contributed by atoms with E-state index in [1.165, 1.54) is 18.2 Å². The summed E-state index contributed by atoms with van der Waals surface area (Å²) in [6.45, 7) is 1.59. The Balaban J connectivity index is 3.19. The van der Waals surface area contributed by atoms with Gasteiger partial charge in [0.2, 0.25) is 0 Å². The number of nitro benzene ring substituents is 1. The molecule has 80 valence electrons. The summed E-state index contributed by atoms with van der Waals surface area (Å²) in [6.07, 6.45) is 0. The Morgan fingerprint density at radius 2 is 2.07 bits per heavy atom. The summed E-state index contributed by atoms with van der Waals surface area (Å²) in [4.78, 5) is 20.2. The van der Waals surface area contributed by atoms with Crippen LogP contribution in [0.15, 0.2) is 18.2 Å². The van der Waals surface area contributed by atoms with Gasteiger partial charge in [0.05, 0.1) is 4.92 Å². The molecule has 0 bridgehead atoms. The first-order valence-corrected chi connectivity index (χ1v) is 4.88. The van der Waals surface area contributed by atoms with Crippen LogP contribution >= 0.6 is 23.2 Å². The van der Waals surface area contributed by atoms with E-state index in [1.54, 1.807) is 6.92 Å². The van der Waals surface area contributed by atoms with E-state index in [2.05, 4.69) is 0 Å². The van der Waals surface area contributed by atoms with Crippen molar-refractivity contribution in [2.75, 3.05) is 0 Å². The van der Waals surface area contributed by atoms with Crippen LogP contribution in [0, 0.1) is 17.0 Å². The zero-order valence-electron chi connectivity index (χ0n) is 7.74. The summed E-state index contributed by atoms with van der Waals surface area (Å²) in [5, 5.41) is 10.6. The highest BCUT2D eigenvalue weighted by molar-refractivity contribution is 6.55. The molecule has 0 aliphatic heterocycles. The van der Waals surface area contributed by atoms with Gasteiger partial charge in [-0.15, -0.1) is 0 Å². The van der Waals surface area contributed by atoms with E-state index in [1.807, 2.05) is 0 Å². The number of hydrogen-bond donors (Lipinski definition) is 0. The van der Waals surface area contributed by atoms with Crippen LogP contribution in [0.4, 0.5) is 5.69 Å². The lowest BCUT2D eigenvalue weighted by molar-refractivity contribution is -0.385. The van der Waals surface area contributed by atoms with Crippen LogP contribution in [0.2, 0.25) is 0 Å². The predicted octanol–water partition coefficient (Wildman–Crippen LogP) is 2.89. The SMILES string of the molecule is Cc1ccc(C(=O)C(Cl)Cl)cc1[N+](=O)[O-]. The quantitative estimate of drug-likeness (QED) is 0.357. The molecule has 1 aromatic rings. The van der Waals surface area contributed by atoms with Crippen molar-refractivity contribution in [2.45, 2.75) is 11.8 Å². The number of ketones is 1. The normalized spacial score (nSPS) is 10.4. The Morgan fingerprint density at radius 1 is 1.47 bits per heavy atom. The van der Waals surface area contributed by atoms with Crippen LogP contribution in [0.1, 0.15) is 15.9 Å². The standard InChI is InChI=1S/C9H7Cl2NO3/c1-5-2-3-6(8(13)9(10)11)4-7(5)12(14)15/h2-4,9H,1H3. The summed E-state index contributed by atoms with van der Waals surface area (Å²) in [5.74, 6) is -0.540. The van der Waals surface area contributed by atoms with Crippen LogP contribution in [-0.4, -0.2) is 15.5 Å². The number of hydrogen-bond acceptors (Lipinski definition) is 3. The first kappa shape index (κ1) is 11.9. The molecule has 1 rings (SSSR count). The Morgan fingerprint density at radius 3 is 2.53 bits per heavy atom. The molecule has 0 spiro atoms. The number of halogens is 2. The zero-order chi connectivity index (χ0) is 11.6. The highest BCUT2D eigenvalue weighted by Gasteiger charge is 2.18. The van der Waals surface area contributed by atoms with E-state index in [0.29, 0.717) is 5.56 Å². The van der Waals surface area contributed by atoms with Gasteiger partial charge in [-0.3, -0.25) is 14.9 Å². The molecular formula is C9H7Cl2NO3. The molecule has 0 aliphatic carbocycles. The van der Waals surface area contributed by atoms with Gasteiger partial charge >= 0.3 is 0 Å². The predicted molar refractivity (Wildman–Crippen MR) is 57.7 cm³/mol. The molecule has 0 saturated carbocycles. The Kier molecular flexibility index (Phi) is 3.66. The van der Waals surface area contributed by atoms with Crippen LogP contribution < -0.4 is 0 Å². The minimum atomic E-state index is -1.20. The average molecular weight is 248 g/mol. The van der Waals surface area contributed by atoms with Gasteiger partial charge in [0.25, 0.3) is 5.69 Å². The van der Waals surface area contributed by atoms with E-state index in [9.17, 15) is 14.9 Å². The lowest BCUT2D eigenvalue weighted by atomic mass is 10.1. The summed E-state index contributed by atoms with van der Waals surface area (Å²) in [5.41, 5.74) is 0.509. The summed E-state index contributed by atoms with van der Waals surface area (Å²) < 4.78 is 0. The lowest BCUT2D eigenvalue weighted by Crippen LogP contribution is -2.08. The Bertz CT molecular complexity index is 418. The number of rotatable bonds is 3. The largest absolute Gasteiger partial charge is 0.291 e. The third kappa shape index (κ3) is 2.67. The minimum Gasteiger partial charge on any atom is -0.291 e. The van der Waals surface area contributed by atoms with Gasteiger partial charge in [-0.05, 0) is 6.92 Å². The first-order valence-electron chi connectivity index (χ1n) is 4.01. The number of carbonyl (C=O) groups is 1. The fourth-order valence-electron chi connectivity index (χ4n) is 1.09. The second kappa shape index (κ2) is 4.59. The summed E-state index contributed by atoms with van der Waals surface area (Å²) >= 11 is 10.8. The third-order valence-corrected chi connectivity index (χ3v) is 2.28. The van der Waals surface area contributed by atoms with Gasteiger partial charge in [0.15, 0.2) is 10.6 Å². The van der Waals surface area contributed by atoms with Gasteiger partial charge in [-0.25, -0.2) is 0 Å².